The summed E-state index contributed by atoms with van der Waals surface area (Å²) in [5.74, 6) is 1.41. The third kappa shape index (κ3) is 3.68. The molecule has 19 heavy (non-hydrogen) atoms. The first-order valence-electron chi connectivity index (χ1n) is 7.06. The van der Waals surface area contributed by atoms with Crippen molar-refractivity contribution >= 4 is 5.82 Å². The van der Waals surface area contributed by atoms with Gasteiger partial charge in [0.1, 0.15) is 17.6 Å². The molecule has 1 aromatic rings. The van der Waals surface area contributed by atoms with Crippen LogP contribution in [-0.4, -0.2) is 35.6 Å². The van der Waals surface area contributed by atoms with Crippen LogP contribution in [0.4, 0.5) is 5.82 Å². The Hall–Kier alpha value is -1.60. The van der Waals surface area contributed by atoms with Crippen molar-refractivity contribution in [3.63, 3.8) is 0 Å². The minimum Gasteiger partial charge on any atom is -0.368 e. The molecule has 4 heteroatoms. The van der Waals surface area contributed by atoms with Crippen LogP contribution in [0.25, 0.3) is 0 Å². The molecule has 1 aliphatic heterocycles. The molecule has 0 aliphatic carbocycles. The SMILES string of the molecule is CC(C)C(CNc1cccc(C#N)n1)N1CCCC1. The fourth-order valence-electron chi connectivity index (χ4n) is 2.66. The Bertz CT molecular complexity index is 444. The standard InChI is InChI=1S/C15H22N4/c1-12(2)14(19-8-3-4-9-19)11-17-15-7-5-6-13(10-16)18-15/h5-7,12,14H,3-4,8-9,11H2,1-2H3,(H,17,18). The molecule has 1 unspecified atom stereocenters. The maximum absolute atomic E-state index is 8.85. The van der Waals surface area contributed by atoms with Crippen molar-refractivity contribution in [1.82, 2.24) is 9.88 Å². The quantitative estimate of drug-likeness (QED) is 0.881. The average Bonchev–Trinajstić information content (AvgIpc) is 2.93. The Morgan fingerprint density at radius 3 is 2.74 bits per heavy atom. The molecule has 0 spiro atoms. The first-order chi connectivity index (χ1) is 9.20. The van der Waals surface area contributed by atoms with Crippen molar-refractivity contribution in [2.24, 2.45) is 5.92 Å². The summed E-state index contributed by atoms with van der Waals surface area (Å²) in [4.78, 5) is 6.82. The third-order valence-electron chi connectivity index (χ3n) is 3.74. The van der Waals surface area contributed by atoms with Crippen molar-refractivity contribution < 1.29 is 0 Å². The van der Waals surface area contributed by atoms with Gasteiger partial charge >= 0.3 is 0 Å². The lowest BCUT2D eigenvalue weighted by molar-refractivity contribution is 0.201. The number of anilines is 1. The Morgan fingerprint density at radius 2 is 2.11 bits per heavy atom. The number of nitrogens with one attached hydrogen (secondary N) is 1. The summed E-state index contributed by atoms with van der Waals surface area (Å²) in [5.41, 5.74) is 0.465. The topological polar surface area (TPSA) is 52.0 Å². The molecule has 1 aromatic heterocycles. The number of rotatable bonds is 5. The molecule has 1 atom stereocenters. The number of hydrogen-bond acceptors (Lipinski definition) is 4. The van der Waals surface area contributed by atoms with Crippen molar-refractivity contribution in [3.05, 3.63) is 23.9 Å². The molecule has 0 radical (unpaired) electrons. The number of nitrogens with zero attached hydrogens (tertiary/aromatic N) is 3. The first kappa shape index (κ1) is 13.8. The lowest BCUT2D eigenvalue weighted by atomic mass is 10.0. The summed E-state index contributed by atoms with van der Waals surface area (Å²) in [7, 11) is 0. The van der Waals surface area contributed by atoms with E-state index in [1.165, 1.54) is 25.9 Å². The van der Waals surface area contributed by atoms with E-state index in [9.17, 15) is 0 Å². The van der Waals surface area contributed by atoms with Crippen LogP contribution in [-0.2, 0) is 0 Å². The molecule has 1 fully saturated rings. The van der Waals surface area contributed by atoms with Crippen LogP contribution < -0.4 is 5.32 Å². The van der Waals surface area contributed by atoms with Crippen LogP contribution in [0, 0.1) is 17.2 Å². The van der Waals surface area contributed by atoms with E-state index in [0.29, 0.717) is 17.7 Å². The second-order valence-electron chi connectivity index (χ2n) is 5.46. The average molecular weight is 258 g/mol. The lowest BCUT2D eigenvalue weighted by Gasteiger charge is -2.31. The van der Waals surface area contributed by atoms with Gasteiger partial charge in [-0.1, -0.05) is 19.9 Å². The largest absolute Gasteiger partial charge is 0.368 e. The van der Waals surface area contributed by atoms with Crippen molar-refractivity contribution in [2.45, 2.75) is 32.7 Å². The smallest absolute Gasteiger partial charge is 0.142 e. The zero-order chi connectivity index (χ0) is 13.7. The van der Waals surface area contributed by atoms with Crippen molar-refractivity contribution in [1.29, 1.82) is 5.26 Å². The van der Waals surface area contributed by atoms with Crippen LogP contribution in [0.5, 0.6) is 0 Å². The van der Waals surface area contributed by atoms with E-state index in [0.717, 1.165) is 12.4 Å². The predicted molar refractivity (Wildman–Crippen MR) is 76.9 cm³/mol. The second-order valence-corrected chi connectivity index (χ2v) is 5.46. The van der Waals surface area contributed by atoms with Crippen LogP contribution >= 0.6 is 0 Å². The highest BCUT2D eigenvalue weighted by Crippen LogP contribution is 2.18. The first-order valence-corrected chi connectivity index (χ1v) is 7.06. The van der Waals surface area contributed by atoms with E-state index in [4.69, 9.17) is 5.26 Å². The summed E-state index contributed by atoms with van der Waals surface area (Å²) >= 11 is 0. The summed E-state index contributed by atoms with van der Waals surface area (Å²) < 4.78 is 0. The van der Waals surface area contributed by atoms with Crippen LogP contribution in [0.15, 0.2) is 18.2 Å². The second kappa shape index (κ2) is 6.53. The number of aromatic nitrogens is 1. The van der Waals surface area contributed by atoms with Gasteiger partial charge in [-0.25, -0.2) is 4.98 Å². The fraction of sp³-hybridized carbons (Fsp3) is 0.600. The molecule has 2 rings (SSSR count). The van der Waals surface area contributed by atoms with Gasteiger partial charge in [0.05, 0.1) is 0 Å². The fourth-order valence-corrected chi connectivity index (χ4v) is 2.66. The molecule has 102 valence electrons. The molecule has 4 nitrogen and oxygen atoms in total. The minimum atomic E-state index is 0.465. The van der Waals surface area contributed by atoms with Gasteiger partial charge in [-0.2, -0.15) is 5.26 Å². The predicted octanol–water partition coefficient (Wildman–Crippen LogP) is 2.49. The molecule has 0 aromatic carbocycles. The van der Waals surface area contributed by atoms with Crippen LogP contribution in [0.1, 0.15) is 32.4 Å². The van der Waals surface area contributed by atoms with Crippen LogP contribution in [0.3, 0.4) is 0 Å². The summed E-state index contributed by atoms with van der Waals surface area (Å²) in [6.45, 7) is 7.83. The Kier molecular flexibility index (Phi) is 4.75. The molecule has 1 N–H and O–H groups in total. The lowest BCUT2D eigenvalue weighted by Crippen LogP contribution is -2.42. The molecule has 1 saturated heterocycles. The summed E-state index contributed by atoms with van der Waals surface area (Å²) in [6.07, 6.45) is 2.62. The van der Waals surface area contributed by atoms with Crippen molar-refractivity contribution in [2.75, 3.05) is 25.0 Å². The van der Waals surface area contributed by atoms with Gasteiger partial charge in [-0.3, -0.25) is 4.90 Å². The zero-order valence-electron chi connectivity index (χ0n) is 11.8. The highest BCUT2D eigenvalue weighted by atomic mass is 15.2. The molecule has 1 aliphatic rings. The van der Waals surface area contributed by atoms with Gasteiger partial charge in [0.25, 0.3) is 0 Å². The van der Waals surface area contributed by atoms with E-state index in [1.54, 1.807) is 6.07 Å². The van der Waals surface area contributed by atoms with E-state index in [2.05, 4.69) is 35.1 Å². The van der Waals surface area contributed by atoms with E-state index in [1.807, 2.05) is 12.1 Å². The molecular weight excluding hydrogens is 236 g/mol. The van der Waals surface area contributed by atoms with Crippen LogP contribution in [0.2, 0.25) is 0 Å². The Balaban J connectivity index is 1.96. The molecule has 0 bridgehead atoms. The van der Waals surface area contributed by atoms with E-state index >= 15 is 0 Å². The normalized spacial score (nSPS) is 17.4. The third-order valence-corrected chi connectivity index (χ3v) is 3.74. The highest BCUT2D eigenvalue weighted by molar-refractivity contribution is 5.38. The summed E-state index contributed by atoms with van der Waals surface area (Å²) in [5, 5.41) is 12.2. The maximum Gasteiger partial charge on any atom is 0.142 e. The van der Waals surface area contributed by atoms with Gasteiger partial charge in [0.2, 0.25) is 0 Å². The van der Waals surface area contributed by atoms with Gasteiger partial charge in [0, 0.05) is 12.6 Å². The van der Waals surface area contributed by atoms with Gasteiger partial charge in [0.15, 0.2) is 0 Å². The number of pyridine rings is 1. The minimum absolute atomic E-state index is 0.465. The van der Waals surface area contributed by atoms with Gasteiger partial charge in [-0.05, 0) is 44.0 Å². The monoisotopic (exact) mass is 258 g/mol. The number of likely N-dealkylation sites (tertiary alicyclic amines) is 1. The Morgan fingerprint density at radius 1 is 1.37 bits per heavy atom. The van der Waals surface area contributed by atoms with E-state index in [-0.39, 0.29) is 0 Å². The molecule has 0 amide bonds. The van der Waals surface area contributed by atoms with Crippen molar-refractivity contribution in [3.8, 4) is 6.07 Å². The molecular formula is C15H22N4. The van der Waals surface area contributed by atoms with E-state index < -0.39 is 0 Å². The highest BCUT2D eigenvalue weighted by Gasteiger charge is 2.24. The molecule has 0 saturated carbocycles. The van der Waals surface area contributed by atoms with Gasteiger partial charge < -0.3 is 5.32 Å². The van der Waals surface area contributed by atoms with Gasteiger partial charge in [-0.15, -0.1) is 0 Å². The zero-order valence-corrected chi connectivity index (χ0v) is 11.8. The number of hydrogen-bond donors (Lipinski definition) is 1. The maximum atomic E-state index is 8.85. The Labute approximate surface area is 115 Å². The number of nitriles is 1. The molecule has 2 heterocycles. The summed E-state index contributed by atoms with van der Waals surface area (Å²) in [6, 6.07) is 8.12.